The summed E-state index contributed by atoms with van der Waals surface area (Å²) in [6.07, 6.45) is 0. The molecule has 2 aromatic carbocycles. The van der Waals surface area contributed by atoms with Crippen LogP contribution in [0, 0.1) is 17.0 Å². The van der Waals surface area contributed by atoms with Crippen LogP contribution in [0.4, 0.5) is 11.4 Å². The van der Waals surface area contributed by atoms with E-state index in [-0.39, 0.29) is 15.7 Å². The molecule has 0 bridgehead atoms. The predicted octanol–water partition coefficient (Wildman–Crippen LogP) is 4.35. The van der Waals surface area contributed by atoms with Gasteiger partial charge in [-0.1, -0.05) is 24.3 Å². The van der Waals surface area contributed by atoms with Gasteiger partial charge in [0.2, 0.25) is 0 Å². The van der Waals surface area contributed by atoms with E-state index in [4.69, 9.17) is 18.0 Å². The second-order valence-corrected chi connectivity index (χ2v) is 6.66. The van der Waals surface area contributed by atoms with Crippen LogP contribution in [-0.4, -0.2) is 15.0 Å². The third kappa shape index (κ3) is 3.81. The van der Waals surface area contributed by atoms with Crippen molar-refractivity contribution in [2.24, 2.45) is 5.73 Å². The molecule has 0 fully saturated rings. The Morgan fingerprint density at radius 1 is 1.28 bits per heavy atom. The predicted molar refractivity (Wildman–Crippen MR) is 105 cm³/mol. The largest absolute Gasteiger partial charge is 0.376 e. The SMILES string of the molecule is Cc1ccc(-c2csc(-c3cccc(NC(N)=S)c3)n2)cc1[N+](=O)[O-]. The summed E-state index contributed by atoms with van der Waals surface area (Å²) in [5, 5.41) is 16.9. The minimum atomic E-state index is -0.378. The van der Waals surface area contributed by atoms with Gasteiger partial charge >= 0.3 is 0 Å². The van der Waals surface area contributed by atoms with Crippen LogP contribution in [-0.2, 0) is 0 Å². The molecule has 3 N–H and O–H groups in total. The molecule has 0 unspecified atom stereocenters. The average Bonchev–Trinajstić information content (AvgIpc) is 3.04. The van der Waals surface area contributed by atoms with E-state index in [0.29, 0.717) is 11.3 Å². The molecule has 25 heavy (non-hydrogen) atoms. The van der Waals surface area contributed by atoms with Crippen molar-refractivity contribution in [1.29, 1.82) is 0 Å². The third-order valence-corrected chi connectivity index (χ3v) is 4.58. The Hall–Kier alpha value is -2.84. The number of nitrogens with one attached hydrogen (secondary N) is 1. The van der Waals surface area contributed by atoms with Crippen molar-refractivity contribution < 1.29 is 4.92 Å². The molecule has 0 amide bonds. The summed E-state index contributed by atoms with van der Waals surface area (Å²) in [6, 6.07) is 12.7. The summed E-state index contributed by atoms with van der Waals surface area (Å²) in [4.78, 5) is 15.3. The number of anilines is 1. The van der Waals surface area contributed by atoms with Gasteiger partial charge in [0.1, 0.15) is 5.01 Å². The highest BCUT2D eigenvalue weighted by molar-refractivity contribution is 7.80. The number of nitro benzene ring substituents is 1. The molecule has 0 spiro atoms. The molecule has 6 nitrogen and oxygen atoms in total. The van der Waals surface area contributed by atoms with Gasteiger partial charge in [-0.05, 0) is 31.3 Å². The second kappa shape index (κ2) is 6.96. The van der Waals surface area contributed by atoms with E-state index in [9.17, 15) is 10.1 Å². The molecule has 3 aromatic rings. The molecule has 1 aromatic heterocycles. The number of hydrogen-bond acceptors (Lipinski definition) is 5. The first-order chi connectivity index (χ1) is 11.9. The molecular formula is C17H14N4O2S2. The van der Waals surface area contributed by atoms with E-state index in [1.807, 2.05) is 35.7 Å². The molecule has 0 saturated carbocycles. The number of benzene rings is 2. The molecule has 0 radical (unpaired) electrons. The van der Waals surface area contributed by atoms with Crippen LogP contribution in [0.3, 0.4) is 0 Å². The number of nitrogens with two attached hydrogens (primary N) is 1. The Morgan fingerprint density at radius 3 is 2.80 bits per heavy atom. The Labute approximate surface area is 153 Å². The van der Waals surface area contributed by atoms with Gasteiger partial charge in [0.05, 0.1) is 10.6 Å². The minimum Gasteiger partial charge on any atom is -0.376 e. The van der Waals surface area contributed by atoms with Crippen LogP contribution in [0.2, 0.25) is 0 Å². The highest BCUT2D eigenvalue weighted by Gasteiger charge is 2.14. The molecule has 0 aliphatic carbocycles. The van der Waals surface area contributed by atoms with Crippen LogP contribution in [0.25, 0.3) is 21.8 Å². The van der Waals surface area contributed by atoms with Gasteiger partial charge in [0.15, 0.2) is 5.11 Å². The first kappa shape index (κ1) is 17.0. The zero-order chi connectivity index (χ0) is 18.0. The summed E-state index contributed by atoms with van der Waals surface area (Å²) in [7, 11) is 0. The number of thiazole rings is 1. The van der Waals surface area contributed by atoms with E-state index >= 15 is 0 Å². The zero-order valence-corrected chi connectivity index (χ0v) is 14.9. The lowest BCUT2D eigenvalue weighted by molar-refractivity contribution is -0.385. The van der Waals surface area contributed by atoms with E-state index in [1.54, 1.807) is 19.1 Å². The summed E-state index contributed by atoms with van der Waals surface area (Å²) < 4.78 is 0. The summed E-state index contributed by atoms with van der Waals surface area (Å²) in [5.74, 6) is 0. The molecule has 1 heterocycles. The van der Waals surface area contributed by atoms with Crippen molar-refractivity contribution in [3.8, 4) is 21.8 Å². The number of aromatic nitrogens is 1. The number of rotatable bonds is 4. The third-order valence-electron chi connectivity index (χ3n) is 3.58. The smallest absolute Gasteiger partial charge is 0.272 e. The van der Waals surface area contributed by atoms with Crippen LogP contribution in [0.15, 0.2) is 47.8 Å². The molecule has 3 rings (SSSR count). The molecule has 126 valence electrons. The summed E-state index contributed by atoms with van der Waals surface area (Å²) in [6.45, 7) is 1.72. The van der Waals surface area contributed by atoms with Gasteiger partial charge in [0.25, 0.3) is 5.69 Å². The second-order valence-electron chi connectivity index (χ2n) is 5.37. The molecule has 0 aliphatic heterocycles. The van der Waals surface area contributed by atoms with Gasteiger partial charge in [-0.15, -0.1) is 11.3 Å². The Balaban J connectivity index is 1.94. The van der Waals surface area contributed by atoms with Crippen molar-refractivity contribution >= 4 is 40.0 Å². The van der Waals surface area contributed by atoms with Crippen molar-refractivity contribution in [1.82, 2.24) is 4.98 Å². The number of aryl methyl sites for hydroxylation is 1. The lowest BCUT2D eigenvalue weighted by Gasteiger charge is -2.05. The van der Waals surface area contributed by atoms with E-state index < -0.39 is 0 Å². The monoisotopic (exact) mass is 370 g/mol. The fraction of sp³-hybridized carbons (Fsp3) is 0.0588. The summed E-state index contributed by atoms with van der Waals surface area (Å²) >= 11 is 6.32. The van der Waals surface area contributed by atoms with Crippen molar-refractivity contribution in [2.75, 3.05) is 5.32 Å². The first-order valence-electron chi connectivity index (χ1n) is 7.32. The van der Waals surface area contributed by atoms with Crippen LogP contribution < -0.4 is 11.1 Å². The van der Waals surface area contributed by atoms with Gasteiger partial charge in [-0.25, -0.2) is 4.98 Å². The van der Waals surface area contributed by atoms with Gasteiger partial charge < -0.3 is 11.1 Å². The van der Waals surface area contributed by atoms with Gasteiger partial charge in [0, 0.05) is 33.8 Å². The maximum absolute atomic E-state index is 11.1. The van der Waals surface area contributed by atoms with Crippen LogP contribution in [0.5, 0.6) is 0 Å². The standard InChI is InChI=1S/C17H14N4O2S2/c1-10-5-6-11(8-15(10)21(22)23)14-9-25-16(20-14)12-3-2-4-13(7-12)19-17(18)24/h2-9H,1H3,(H3,18,19,24). The number of hydrogen-bond donors (Lipinski definition) is 2. The van der Waals surface area contributed by atoms with Gasteiger partial charge in [-0.3, -0.25) is 10.1 Å². The maximum atomic E-state index is 11.1. The highest BCUT2D eigenvalue weighted by atomic mass is 32.1. The lowest BCUT2D eigenvalue weighted by Crippen LogP contribution is -2.18. The highest BCUT2D eigenvalue weighted by Crippen LogP contribution is 2.32. The Kier molecular flexibility index (Phi) is 4.73. The van der Waals surface area contributed by atoms with Crippen molar-refractivity contribution in [3.63, 3.8) is 0 Å². The number of nitro groups is 1. The topological polar surface area (TPSA) is 94.1 Å². The molecule has 0 aliphatic rings. The number of nitrogens with zero attached hydrogens (tertiary/aromatic N) is 2. The zero-order valence-electron chi connectivity index (χ0n) is 13.2. The van der Waals surface area contributed by atoms with Crippen molar-refractivity contribution in [2.45, 2.75) is 6.92 Å². The van der Waals surface area contributed by atoms with Crippen LogP contribution in [0.1, 0.15) is 5.56 Å². The fourth-order valence-corrected chi connectivity index (χ4v) is 3.32. The van der Waals surface area contributed by atoms with Crippen LogP contribution >= 0.6 is 23.6 Å². The van der Waals surface area contributed by atoms with Gasteiger partial charge in [-0.2, -0.15) is 0 Å². The van der Waals surface area contributed by atoms with E-state index in [1.165, 1.54) is 11.3 Å². The molecule has 8 heteroatoms. The van der Waals surface area contributed by atoms with E-state index in [0.717, 1.165) is 21.8 Å². The number of thiocarbonyl (C=S) groups is 1. The quantitative estimate of drug-likeness (QED) is 0.403. The lowest BCUT2D eigenvalue weighted by atomic mass is 10.1. The first-order valence-corrected chi connectivity index (χ1v) is 8.60. The molecule has 0 saturated heterocycles. The maximum Gasteiger partial charge on any atom is 0.272 e. The van der Waals surface area contributed by atoms with Crippen molar-refractivity contribution in [3.05, 3.63) is 63.5 Å². The Morgan fingerprint density at radius 2 is 2.08 bits per heavy atom. The fourth-order valence-electron chi connectivity index (χ4n) is 2.38. The van der Waals surface area contributed by atoms with E-state index in [2.05, 4.69) is 10.3 Å². The normalized spacial score (nSPS) is 10.4. The molecular weight excluding hydrogens is 356 g/mol. The Bertz CT molecular complexity index is 969. The minimum absolute atomic E-state index is 0.0923. The summed E-state index contributed by atoms with van der Waals surface area (Å²) in [5.41, 5.74) is 9.34. The molecule has 0 atom stereocenters. The average molecular weight is 370 g/mol.